The molecule has 7 nitrogen and oxygen atoms in total. The minimum Gasteiger partial charge on any atom is -0.487 e. The second-order valence-electron chi connectivity index (χ2n) is 10.0. The summed E-state index contributed by atoms with van der Waals surface area (Å²) in [5, 5.41) is 13.9. The normalized spacial score (nSPS) is 18.7. The number of rotatable bonds is 9. The maximum absolute atomic E-state index is 13.5. The first kappa shape index (κ1) is 25.9. The first-order chi connectivity index (χ1) is 18.9. The Balaban J connectivity index is 1.55. The first-order valence-electron chi connectivity index (χ1n) is 12.7. The Bertz CT molecular complexity index is 1610. The maximum atomic E-state index is 13.5. The van der Waals surface area contributed by atoms with Crippen molar-refractivity contribution in [3.05, 3.63) is 124 Å². The van der Waals surface area contributed by atoms with E-state index in [0.29, 0.717) is 33.8 Å². The number of fused-ring (bicyclic) bond motifs is 1. The van der Waals surface area contributed by atoms with Crippen molar-refractivity contribution in [2.75, 3.05) is 0 Å². The van der Waals surface area contributed by atoms with Crippen LogP contribution in [0, 0.1) is 11.7 Å². The molecular weight excluding hydrogens is 495 g/mol. The van der Waals surface area contributed by atoms with Gasteiger partial charge in [-0.25, -0.2) is 9.37 Å². The van der Waals surface area contributed by atoms with E-state index in [1.165, 1.54) is 18.3 Å². The minimum absolute atomic E-state index is 0.206. The second kappa shape index (κ2) is 11.0. The summed E-state index contributed by atoms with van der Waals surface area (Å²) in [6, 6.07) is 23.9. The SMILES string of the molecule is CC1CC(c2ccccc2)(c2cc(OCc3ccc4cc(F)ccc4n3)ccc2C(=CN=[N+]=[N-])CC(=O)O)C1. The molecule has 0 unspecified atom stereocenters. The fraction of sp³-hybridized carbons (Fsp3) is 0.226. The molecule has 196 valence electrons. The Morgan fingerprint density at radius 2 is 1.95 bits per heavy atom. The molecule has 1 aliphatic rings. The summed E-state index contributed by atoms with van der Waals surface area (Å²) in [4.78, 5) is 19.1. The predicted octanol–water partition coefficient (Wildman–Crippen LogP) is 7.79. The zero-order valence-electron chi connectivity index (χ0n) is 21.4. The van der Waals surface area contributed by atoms with Gasteiger partial charge >= 0.3 is 5.97 Å². The van der Waals surface area contributed by atoms with Gasteiger partial charge in [-0.3, -0.25) is 4.79 Å². The zero-order valence-corrected chi connectivity index (χ0v) is 21.4. The van der Waals surface area contributed by atoms with Crippen molar-refractivity contribution in [2.24, 2.45) is 11.0 Å². The summed E-state index contributed by atoms with van der Waals surface area (Å²) in [5.41, 5.74) is 13.2. The monoisotopic (exact) mass is 522 g/mol. The van der Waals surface area contributed by atoms with Crippen LogP contribution in [0.25, 0.3) is 26.9 Å². The Kier molecular flexibility index (Phi) is 7.30. The maximum Gasteiger partial charge on any atom is 0.307 e. The fourth-order valence-electron chi connectivity index (χ4n) is 5.63. The summed E-state index contributed by atoms with van der Waals surface area (Å²) in [6.45, 7) is 2.41. The Labute approximate surface area is 225 Å². The van der Waals surface area contributed by atoms with Crippen LogP contribution in [0.1, 0.15) is 48.6 Å². The Hall–Kier alpha value is -4.68. The van der Waals surface area contributed by atoms with Crippen molar-refractivity contribution in [1.82, 2.24) is 4.98 Å². The highest BCUT2D eigenvalue weighted by Crippen LogP contribution is 2.54. The Morgan fingerprint density at radius 1 is 1.15 bits per heavy atom. The van der Waals surface area contributed by atoms with E-state index in [2.05, 4.69) is 34.1 Å². The number of nitrogens with zero attached hydrogens (tertiary/aromatic N) is 4. The highest BCUT2D eigenvalue weighted by Gasteiger charge is 2.46. The lowest BCUT2D eigenvalue weighted by atomic mass is 9.55. The van der Waals surface area contributed by atoms with Gasteiger partial charge in [0.05, 0.1) is 17.6 Å². The summed E-state index contributed by atoms with van der Waals surface area (Å²) >= 11 is 0. The van der Waals surface area contributed by atoms with Crippen LogP contribution in [-0.4, -0.2) is 16.1 Å². The summed E-state index contributed by atoms with van der Waals surface area (Å²) < 4.78 is 19.7. The van der Waals surface area contributed by atoms with Gasteiger partial charge in [0.15, 0.2) is 0 Å². The number of azide groups is 1. The third-order valence-electron chi connectivity index (χ3n) is 7.28. The highest BCUT2D eigenvalue weighted by atomic mass is 19.1. The van der Waals surface area contributed by atoms with Gasteiger partial charge in [-0.2, -0.15) is 0 Å². The summed E-state index contributed by atoms with van der Waals surface area (Å²) in [5.74, 6) is -0.226. The van der Waals surface area contributed by atoms with Crippen molar-refractivity contribution in [1.29, 1.82) is 0 Å². The molecule has 8 heteroatoms. The average molecular weight is 523 g/mol. The number of halogens is 1. The van der Waals surface area contributed by atoms with Crippen LogP contribution in [0.2, 0.25) is 0 Å². The van der Waals surface area contributed by atoms with Crippen molar-refractivity contribution in [3.8, 4) is 5.75 Å². The third kappa shape index (κ3) is 5.47. The zero-order chi connectivity index (χ0) is 27.4. The highest BCUT2D eigenvalue weighted by molar-refractivity contribution is 5.85. The minimum atomic E-state index is -1.02. The molecule has 0 amide bonds. The van der Waals surface area contributed by atoms with Gasteiger partial charge in [-0.1, -0.05) is 54.5 Å². The molecule has 3 aromatic carbocycles. The van der Waals surface area contributed by atoms with Gasteiger partial charge in [0.2, 0.25) is 0 Å². The molecule has 1 heterocycles. The van der Waals surface area contributed by atoms with Gasteiger partial charge in [0.25, 0.3) is 0 Å². The smallest absolute Gasteiger partial charge is 0.307 e. The molecule has 5 rings (SSSR count). The van der Waals surface area contributed by atoms with Gasteiger partial charge in [-0.15, -0.1) is 0 Å². The average Bonchev–Trinajstić information content (AvgIpc) is 2.92. The van der Waals surface area contributed by atoms with E-state index >= 15 is 0 Å². The Morgan fingerprint density at radius 3 is 2.67 bits per heavy atom. The van der Waals surface area contributed by atoms with Crippen molar-refractivity contribution in [2.45, 2.75) is 38.2 Å². The van der Waals surface area contributed by atoms with Crippen molar-refractivity contribution >= 4 is 22.4 Å². The molecule has 0 atom stereocenters. The second-order valence-corrected chi connectivity index (χ2v) is 10.0. The van der Waals surface area contributed by atoms with Crippen LogP contribution in [0.15, 0.2) is 90.2 Å². The molecule has 39 heavy (non-hydrogen) atoms. The number of ether oxygens (including phenoxy) is 1. The lowest BCUT2D eigenvalue weighted by molar-refractivity contribution is -0.135. The predicted molar refractivity (Wildman–Crippen MR) is 147 cm³/mol. The number of carbonyl (C=O) groups is 1. The van der Waals surface area contributed by atoms with E-state index in [1.54, 1.807) is 12.1 Å². The third-order valence-corrected chi connectivity index (χ3v) is 7.28. The largest absolute Gasteiger partial charge is 0.487 e. The quantitative estimate of drug-likeness (QED) is 0.137. The first-order valence-corrected chi connectivity index (χ1v) is 12.7. The molecule has 1 N–H and O–H groups in total. The molecule has 1 aromatic heterocycles. The number of hydrogen-bond donors (Lipinski definition) is 1. The van der Waals surface area contributed by atoms with E-state index in [1.807, 2.05) is 42.5 Å². The molecule has 0 saturated heterocycles. The molecule has 0 radical (unpaired) electrons. The van der Waals surface area contributed by atoms with Crippen LogP contribution >= 0.6 is 0 Å². The van der Waals surface area contributed by atoms with Crippen LogP contribution in [0.4, 0.5) is 4.39 Å². The van der Waals surface area contributed by atoms with Crippen molar-refractivity contribution < 1.29 is 19.0 Å². The fourth-order valence-corrected chi connectivity index (χ4v) is 5.63. The van der Waals surface area contributed by atoms with E-state index in [4.69, 9.17) is 10.3 Å². The van der Waals surface area contributed by atoms with Gasteiger partial charge in [0, 0.05) is 21.9 Å². The van der Waals surface area contributed by atoms with Gasteiger partial charge < -0.3 is 9.84 Å². The topological polar surface area (TPSA) is 108 Å². The molecule has 1 fully saturated rings. The van der Waals surface area contributed by atoms with Crippen molar-refractivity contribution in [3.63, 3.8) is 0 Å². The van der Waals surface area contributed by atoms with E-state index < -0.39 is 5.97 Å². The van der Waals surface area contributed by atoms with E-state index in [9.17, 15) is 14.3 Å². The van der Waals surface area contributed by atoms with Crippen LogP contribution < -0.4 is 4.74 Å². The number of aromatic nitrogens is 1. The molecule has 1 saturated carbocycles. The summed E-state index contributed by atoms with van der Waals surface area (Å²) in [7, 11) is 0. The molecule has 0 aliphatic heterocycles. The molecule has 1 aliphatic carbocycles. The number of hydrogen-bond acceptors (Lipinski definition) is 4. The van der Waals surface area contributed by atoms with Crippen LogP contribution in [0.3, 0.4) is 0 Å². The van der Waals surface area contributed by atoms with E-state index in [0.717, 1.165) is 29.5 Å². The standard InChI is InChI=1S/C31H27FN4O3/c1-20-16-31(17-20,23-5-3-2-4-6-23)28-15-26(10-11-27(28)22(14-30(37)38)18-34-36-33)39-19-25-9-7-21-13-24(32)8-12-29(21)35-25/h2-13,15,18,20H,14,16-17,19H2,1H3,(H,37,38). The molecule has 0 bridgehead atoms. The summed E-state index contributed by atoms with van der Waals surface area (Å²) in [6.07, 6.45) is 2.78. The number of pyridine rings is 1. The number of aliphatic carboxylic acids is 1. The van der Waals surface area contributed by atoms with Crippen LogP contribution in [-0.2, 0) is 16.8 Å². The van der Waals surface area contributed by atoms with E-state index in [-0.39, 0.29) is 24.3 Å². The lowest BCUT2D eigenvalue weighted by Gasteiger charge is -2.49. The number of carboxylic acids is 1. The lowest BCUT2D eigenvalue weighted by Crippen LogP contribution is -2.41. The molecule has 4 aromatic rings. The number of carboxylic acid groups (broad SMARTS) is 1. The van der Waals surface area contributed by atoms with Gasteiger partial charge in [-0.05, 0) is 83.0 Å². The van der Waals surface area contributed by atoms with Gasteiger partial charge in [0.1, 0.15) is 18.2 Å². The number of benzene rings is 3. The molecule has 0 spiro atoms. The van der Waals surface area contributed by atoms with Crippen LogP contribution in [0.5, 0.6) is 5.75 Å². The molecular formula is C31H27FN4O3.